The number of hydrogen-bond donors (Lipinski definition) is 0. The normalized spacial score (nSPS) is 13.8. The van der Waals surface area contributed by atoms with Crippen LogP contribution < -0.4 is 0 Å². The molecule has 3 aliphatic carbocycles. The van der Waals surface area contributed by atoms with Crippen LogP contribution in [0.2, 0.25) is 0 Å². The average molecular weight is 538 g/mol. The van der Waals surface area contributed by atoms with E-state index in [0.29, 0.717) is 0 Å². The Labute approximate surface area is 243 Å². The number of rotatable bonds is 3. The van der Waals surface area contributed by atoms with Crippen molar-refractivity contribution in [3.63, 3.8) is 0 Å². The van der Waals surface area contributed by atoms with Gasteiger partial charge in [0.1, 0.15) is 0 Å². The van der Waals surface area contributed by atoms with Gasteiger partial charge in [0.25, 0.3) is 0 Å². The van der Waals surface area contributed by atoms with Gasteiger partial charge in [-0.25, -0.2) is 0 Å². The summed E-state index contributed by atoms with van der Waals surface area (Å²) in [6, 6.07) is 26.6. The Kier molecular flexibility index (Phi) is 4.16. The maximum Gasteiger partial charge on any atom is 0.0748 e. The van der Waals surface area contributed by atoms with Gasteiger partial charge in [-0.1, -0.05) is 89.5 Å². The van der Waals surface area contributed by atoms with Crippen molar-refractivity contribution in [2.45, 2.75) is 40.0 Å². The summed E-state index contributed by atoms with van der Waals surface area (Å²) >= 11 is 0. The molecule has 3 heterocycles. The Bertz CT molecular complexity index is 2060. The third-order valence-electron chi connectivity index (χ3n) is 9.88. The lowest BCUT2D eigenvalue weighted by Gasteiger charge is -2.13. The zero-order chi connectivity index (χ0) is 27.9. The summed E-state index contributed by atoms with van der Waals surface area (Å²) in [7, 11) is 0. The van der Waals surface area contributed by atoms with Crippen molar-refractivity contribution in [1.82, 2.24) is 15.0 Å². The molecule has 0 radical (unpaired) electrons. The number of nitrogens with zero attached hydrogens (tertiary/aromatic N) is 3. The quantitative estimate of drug-likeness (QED) is 0.211. The zero-order valence-corrected chi connectivity index (χ0v) is 23.9. The van der Waals surface area contributed by atoms with E-state index in [0.717, 1.165) is 36.3 Å². The fraction of sp³-hybridized carbons (Fsp3) is 0.154. The van der Waals surface area contributed by atoms with Crippen molar-refractivity contribution in [2.24, 2.45) is 0 Å². The van der Waals surface area contributed by atoms with Gasteiger partial charge in [-0.2, -0.15) is 0 Å². The van der Waals surface area contributed by atoms with Crippen LogP contribution in [0.5, 0.6) is 0 Å². The number of hydrogen-bond acceptors (Lipinski definition) is 3. The van der Waals surface area contributed by atoms with Gasteiger partial charge >= 0.3 is 0 Å². The third kappa shape index (κ3) is 2.79. The predicted molar refractivity (Wildman–Crippen MR) is 171 cm³/mol. The van der Waals surface area contributed by atoms with E-state index in [1.807, 2.05) is 0 Å². The molecule has 0 fully saturated rings. The van der Waals surface area contributed by atoms with Crippen LogP contribution in [-0.4, -0.2) is 15.0 Å². The first kappa shape index (κ1) is 22.8. The number of aryl methyl sites for hydroxylation is 3. The predicted octanol–water partition coefficient (Wildman–Crippen LogP) is 8.97. The highest BCUT2D eigenvalue weighted by Crippen LogP contribution is 2.55. The summed E-state index contributed by atoms with van der Waals surface area (Å²) < 4.78 is 0. The van der Waals surface area contributed by atoms with Crippen LogP contribution in [0.4, 0.5) is 0 Å². The topological polar surface area (TPSA) is 38.7 Å². The fourth-order valence-electron chi connectivity index (χ4n) is 7.90. The molecule has 0 N–H and O–H groups in total. The second kappa shape index (κ2) is 7.68. The molecule has 3 nitrogen and oxygen atoms in total. The van der Waals surface area contributed by atoms with Gasteiger partial charge in [-0.05, 0) is 53.6 Å². The molecule has 42 heavy (non-hydrogen) atoms. The Balaban J connectivity index is 1.37. The second-order valence-corrected chi connectivity index (χ2v) is 12.5. The molecule has 0 saturated carbocycles. The summed E-state index contributed by atoms with van der Waals surface area (Å²) in [6.45, 7) is 6.44. The average Bonchev–Trinajstić information content (AvgIpc) is 3.68. The first-order valence-electron chi connectivity index (χ1n) is 14.9. The van der Waals surface area contributed by atoms with Crippen LogP contribution in [0.3, 0.4) is 0 Å². The van der Waals surface area contributed by atoms with Crippen molar-refractivity contribution in [3.05, 3.63) is 123 Å². The molecule has 10 rings (SSSR count). The minimum atomic E-state index is 0.817. The van der Waals surface area contributed by atoms with E-state index in [9.17, 15) is 0 Å². The lowest BCUT2D eigenvalue weighted by Crippen LogP contribution is -1.98. The van der Waals surface area contributed by atoms with E-state index >= 15 is 0 Å². The van der Waals surface area contributed by atoms with Crippen LogP contribution in [0.15, 0.2) is 72.8 Å². The molecule has 3 aromatic heterocycles. The van der Waals surface area contributed by atoms with Gasteiger partial charge in [-0.3, -0.25) is 15.0 Å². The van der Waals surface area contributed by atoms with Crippen LogP contribution in [-0.2, 0) is 19.3 Å². The van der Waals surface area contributed by atoms with E-state index < -0.39 is 0 Å². The van der Waals surface area contributed by atoms with Crippen molar-refractivity contribution < 1.29 is 0 Å². The van der Waals surface area contributed by atoms with E-state index in [1.54, 1.807) is 0 Å². The molecular formula is C39H27N3. The third-order valence-corrected chi connectivity index (χ3v) is 9.88. The Hall–Kier alpha value is -4.89. The van der Waals surface area contributed by atoms with Gasteiger partial charge in [0.15, 0.2) is 0 Å². The molecule has 7 aromatic rings. The summed E-state index contributed by atoms with van der Waals surface area (Å²) in [5, 5.41) is 8.24. The first-order valence-corrected chi connectivity index (χ1v) is 14.9. The molecular weight excluding hydrogens is 510 g/mol. The Morgan fingerprint density at radius 2 is 0.619 bits per heavy atom. The molecule has 0 unspecified atom stereocenters. The molecule has 0 amide bonds. The van der Waals surface area contributed by atoms with Crippen molar-refractivity contribution >= 4 is 32.3 Å². The van der Waals surface area contributed by atoms with Crippen LogP contribution >= 0.6 is 0 Å². The van der Waals surface area contributed by atoms with Gasteiger partial charge in [-0.15, -0.1) is 0 Å². The summed E-state index contributed by atoms with van der Waals surface area (Å²) in [5.74, 6) is 0. The maximum absolute atomic E-state index is 5.48. The fourth-order valence-corrected chi connectivity index (χ4v) is 7.90. The molecule has 0 saturated heterocycles. The second-order valence-electron chi connectivity index (χ2n) is 12.5. The summed E-state index contributed by atoms with van der Waals surface area (Å²) in [6.07, 6.45) is 2.45. The van der Waals surface area contributed by atoms with E-state index in [-0.39, 0.29) is 0 Å². The van der Waals surface area contributed by atoms with E-state index in [2.05, 4.69) is 93.6 Å². The van der Waals surface area contributed by atoms with Crippen LogP contribution in [0.1, 0.15) is 50.5 Å². The SMILES string of the molecule is Cc1ccc(-c2nc3c4c5c2Cc2nc(-c6ccc(C)cc6)c6c(c25)c2c(nc(-c5ccc(C)cc5)c(c42)C3)C6)cc1. The Morgan fingerprint density at radius 1 is 0.357 bits per heavy atom. The van der Waals surface area contributed by atoms with Gasteiger partial charge in [0, 0.05) is 52.1 Å². The van der Waals surface area contributed by atoms with Gasteiger partial charge in [0.05, 0.1) is 34.2 Å². The maximum atomic E-state index is 5.48. The van der Waals surface area contributed by atoms with Crippen LogP contribution in [0, 0.1) is 20.8 Å². The minimum absolute atomic E-state index is 0.817. The highest BCUT2D eigenvalue weighted by Gasteiger charge is 2.37. The molecule has 4 aromatic carbocycles. The highest BCUT2D eigenvalue weighted by molar-refractivity contribution is 6.34. The standard InChI is InChI=1S/C39H27N3/c1-19-4-10-22(11-5-19)37-25-16-29-35-31(25)34-28(40-37)17-26-32(34)36-30(42-38(26)23-12-6-20(2)7-13-23)18-27(33(35)36)39(41-29)24-14-8-21(3)9-15-24/h4-15H,16-18H2,1-3H3. The van der Waals surface area contributed by atoms with Gasteiger partial charge < -0.3 is 0 Å². The first-order chi connectivity index (χ1) is 20.5. The monoisotopic (exact) mass is 537 g/mol. The zero-order valence-electron chi connectivity index (χ0n) is 23.9. The number of benzene rings is 4. The molecule has 0 bridgehead atoms. The lowest BCUT2D eigenvalue weighted by molar-refractivity contribution is 1.09. The molecule has 3 heteroatoms. The van der Waals surface area contributed by atoms with Gasteiger partial charge in [0.2, 0.25) is 0 Å². The summed E-state index contributed by atoms with van der Waals surface area (Å²) in [5.41, 5.74) is 18.3. The van der Waals surface area contributed by atoms with E-state index in [4.69, 9.17) is 15.0 Å². The van der Waals surface area contributed by atoms with Crippen molar-refractivity contribution in [1.29, 1.82) is 0 Å². The van der Waals surface area contributed by atoms with Crippen molar-refractivity contribution in [3.8, 4) is 33.8 Å². The number of aromatic nitrogens is 3. The van der Waals surface area contributed by atoms with Crippen molar-refractivity contribution in [2.75, 3.05) is 0 Å². The summed E-state index contributed by atoms with van der Waals surface area (Å²) in [4.78, 5) is 16.4. The smallest absolute Gasteiger partial charge is 0.0748 e. The molecule has 0 atom stereocenters. The Morgan fingerprint density at radius 3 is 0.881 bits per heavy atom. The van der Waals surface area contributed by atoms with Crippen LogP contribution in [0.25, 0.3) is 66.1 Å². The molecule has 0 spiro atoms. The molecule has 198 valence electrons. The largest absolute Gasteiger partial charge is 0.251 e. The molecule has 0 aliphatic heterocycles. The molecule has 3 aliphatic rings. The minimum Gasteiger partial charge on any atom is -0.251 e. The van der Waals surface area contributed by atoms with E-state index in [1.165, 1.54) is 99.5 Å². The number of pyridine rings is 3. The highest BCUT2D eigenvalue weighted by atomic mass is 14.8. The lowest BCUT2D eigenvalue weighted by atomic mass is 9.93.